The van der Waals surface area contributed by atoms with Gasteiger partial charge in [-0.25, -0.2) is 12.7 Å². The summed E-state index contributed by atoms with van der Waals surface area (Å²) in [5.74, 6) is 0.756. The molecule has 0 aromatic heterocycles. The SMILES string of the molecule is CC(C)COc1ccc(C(=O)NC(=S)Nc2ccc(S(=O)(=O)N(C)C)cc2)cc1. The van der Waals surface area contributed by atoms with Crippen LogP contribution in [0.1, 0.15) is 24.2 Å². The first-order valence-electron chi connectivity index (χ1n) is 8.97. The van der Waals surface area contributed by atoms with E-state index in [1.165, 1.54) is 26.2 Å². The van der Waals surface area contributed by atoms with E-state index >= 15 is 0 Å². The van der Waals surface area contributed by atoms with E-state index in [1.807, 2.05) is 0 Å². The van der Waals surface area contributed by atoms with Crippen molar-refractivity contribution in [2.24, 2.45) is 5.92 Å². The molecule has 0 fully saturated rings. The summed E-state index contributed by atoms with van der Waals surface area (Å²) in [6, 6.07) is 12.9. The van der Waals surface area contributed by atoms with Gasteiger partial charge in [0, 0.05) is 25.3 Å². The fourth-order valence-electron chi connectivity index (χ4n) is 2.22. The number of nitrogens with zero attached hydrogens (tertiary/aromatic N) is 1. The van der Waals surface area contributed by atoms with Crippen LogP contribution in [0, 0.1) is 5.92 Å². The highest BCUT2D eigenvalue weighted by atomic mass is 32.2. The van der Waals surface area contributed by atoms with Crippen LogP contribution >= 0.6 is 12.2 Å². The number of nitrogens with one attached hydrogen (secondary N) is 2. The van der Waals surface area contributed by atoms with Crippen LogP contribution < -0.4 is 15.4 Å². The molecule has 2 N–H and O–H groups in total. The number of ether oxygens (including phenoxy) is 1. The maximum Gasteiger partial charge on any atom is 0.257 e. The van der Waals surface area contributed by atoms with Crippen molar-refractivity contribution in [2.75, 3.05) is 26.0 Å². The van der Waals surface area contributed by atoms with Crippen LogP contribution in [0.5, 0.6) is 5.75 Å². The molecule has 0 spiro atoms. The molecule has 2 aromatic carbocycles. The normalized spacial score (nSPS) is 11.4. The van der Waals surface area contributed by atoms with E-state index in [4.69, 9.17) is 17.0 Å². The van der Waals surface area contributed by atoms with Crippen LogP contribution in [0.25, 0.3) is 0 Å². The number of amides is 1. The lowest BCUT2D eigenvalue weighted by Crippen LogP contribution is -2.34. The van der Waals surface area contributed by atoms with Gasteiger partial charge in [0.2, 0.25) is 10.0 Å². The molecule has 0 saturated carbocycles. The maximum atomic E-state index is 12.3. The number of anilines is 1. The number of carbonyl (C=O) groups is 1. The van der Waals surface area contributed by atoms with E-state index in [1.54, 1.807) is 36.4 Å². The second-order valence-electron chi connectivity index (χ2n) is 6.95. The Bertz CT molecular complexity index is 954. The molecule has 2 rings (SSSR count). The predicted molar refractivity (Wildman–Crippen MR) is 118 cm³/mol. The van der Waals surface area contributed by atoms with Crippen molar-refractivity contribution in [2.45, 2.75) is 18.7 Å². The van der Waals surface area contributed by atoms with Crippen molar-refractivity contribution in [1.82, 2.24) is 9.62 Å². The molecule has 29 heavy (non-hydrogen) atoms. The molecule has 9 heteroatoms. The van der Waals surface area contributed by atoms with Gasteiger partial charge in [-0.1, -0.05) is 13.8 Å². The van der Waals surface area contributed by atoms with Crippen molar-refractivity contribution in [3.63, 3.8) is 0 Å². The molecule has 7 nitrogen and oxygen atoms in total. The minimum Gasteiger partial charge on any atom is -0.493 e. The summed E-state index contributed by atoms with van der Waals surface area (Å²) in [5.41, 5.74) is 1.00. The molecule has 0 aliphatic heterocycles. The molecule has 1 amide bonds. The van der Waals surface area contributed by atoms with Crippen LogP contribution in [0.15, 0.2) is 53.4 Å². The van der Waals surface area contributed by atoms with Gasteiger partial charge in [-0.05, 0) is 66.7 Å². The van der Waals surface area contributed by atoms with Crippen molar-refractivity contribution in [3.05, 3.63) is 54.1 Å². The Hall–Kier alpha value is -2.49. The van der Waals surface area contributed by atoms with E-state index in [0.29, 0.717) is 29.5 Å². The summed E-state index contributed by atoms with van der Waals surface area (Å²) in [5, 5.41) is 5.56. The Morgan fingerprint density at radius 2 is 1.66 bits per heavy atom. The number of thiocarbonyl (C=S) groups is 1. The number of carbonyl (C=O) groups excluding carboxylic acids is 1. The highest BCUT2D eigenvalue weighted by molar-refractivity contribution is 7.89. The summed E-state index contributed by atoms with van der Waals surface area (Å²) in [6.07, 6.45) is 0. The van der Waals surface area contributed by atoms with E-state index in [2.05, 4.69) is 24.5 Å². The van der Waals surface area contributed by atoms with Crippen LogP contribution in [0.4, 0.5) is 5.69 Å². The molecule has 0 aliphatic carbocycles. The van der Waals surface area contributed by atoms with Gasteiger partial charge in [0.1, 0.15) is 5.75 Å². The number of rotatable bonds is 7. The molecule has 0 bridgehead atoms. The number of hydrogen-bond donors (Lipinski definition) is 2. The fourth-order valence-corrected chi connectivity index (χ4v) is 3.34. The first-order valence-corrected chi connectivity index (χ1v) is 10.8. The largest absolute Gasteiger partial charge is 0.493 e. The number of sulfonamides is 1. The lowest BCUT2D eigenvalue weighted by atomic mass is 10.2. The Morgan fingerprint density at radius 3 is 2.17 bits per heavy atom. The monoisotopic (exact) mass is 435 g/mol. The van der Waals surface area contributed by atoms with Crippen molar-refractivity contribution in [1.29, 1.82) is 0 Å². The predicted octanol–water partition coefficient (Wildman–Crippen LogP) is 3.10. The van der Waals surface area contributed by atoms with Crippen molar-refractivity contribution < 1.29 is 17.9 Å². The van der Waals surface area contributed by atoms with E-state index in [-0.39, 0.29) is 15.9 Å². The van der Waals surface area contributed by atoms with E-state index < -0.39 is 10.0 Å². The molecular formula is C20H25N3O4S2. The number of hydrogen-bond acceptors (Lipinski definition) is 5. The van der Waals surface area contributed by atoms with Gasteiger partial charge < -0.3 is 10.1 Å². The third-order valence-electron chi connectivity index (χ3n) is 3.82. The Morgan fingerprint density at radius 1 is 1.07 bits per heavy atom. The lowest BCUT2D eigenvalue weighted by molar-refractivity contribution is 0.0977. The van der Waals surface area contributed by atoms with Crippen LogP contribution in [0.3, 0.4) is 0 Å². The third-order valence-corrected chi connectivity index (χ3v) is 5.85. The molecule has 2 aromatic rings. The molecule has 0 aliphatic rings. The number of benzene rings is 2. The van der Waals surface area contributed by atoms with Gasteiger partial charge in [0.25, 0.3) is 5.91 Å². The Kier molecular flexibility index (Phi) is 7.72. The molecule has 0 saturated heterocycles. The molecule has 0 unspecified atom stereocenters. The Balaban J connectivity index is 1.94. The summed E-state index contributed by atoms with van der Waals surface area (Å²) < 4.78 is 30.9. The smallest absolute Gasteiger partial charge is 0.257 e. The van der Waals surface area contributed by atoms with Crippen LogP contribution in [-0.2, 0) is 10.0 Å². The quantitative estimate of drug-likeness (QED) is 0.650. The average Bonchev–Trinajstić information content (AvgIpc) is 2.67. The molecule has 0 atom stereocenters. The van der Waals surface area contributed by atoms with Crippen molar-refractivity contribution >= 4 is 38.9 Å². The zero-order valence-electron chi connectivity index (χ0n) is 16.8. The van der Waals surface area contributed by atoms with Gasteiger partial charge in [0.15, 0.2) is 5.11 Å². The topological polar surface area (TPSA) is 87.7 Å². The summed E-state index contributed by atoms with van der Waals surface area (Å²) >= 11 is 5.16. The van der Waals surface area contributed by atoms with Crippen molar-refractivity contribution in [3.8, 4) is 5.75 Å². The summed E-state index contributed by atoms with van der Waals surface area (Å²) in [6.45, 7) is 4.73. The fraction of sp³-hybridized carbons (Fsp3) is 0.300. The summed E-state index contributed by atoms with van der Waals surface area (Å²) in [4.78, 5) is 12.5. The van der Waals surface area contributed by atoms with Gasteiger partial charge in [-0.2, -0.15) is 0 Å². The Labute approximate surface area is 177 Å². The lowest BCUT2D eigenvalue weighted by Gasteiger charge is -2.13. The van der Waals surface area contributed by atoms with Gasteiger partial charge in [-0.15, -0.1) is 0 Å². The summed E-state index contributed by atoms with van der Waals surface area (Å²) in [7, 11) is -0.562. The highest BCUT2D eigenvalue weighted by Crippen LogP contribution is 2.17. The van der Waals surface area contributed by atoms with Crippen LogP contribution in [0.2, 0.25) is 0 Å². The molecular weight excluding hydrogens is 410 g/mol. The van der Waals surface area contributed by atoms with Gasteiger partial charge >= 0.3 is 0 Å². The third kappa shape index (κ3) is 6.52. The molecule has 0 radical (unpaired) electrons. The molecule has 0 heterocycles. The van der Waals surface area contributed by atoms with Crippen LogP contribution in [-0.4, -0.2) is 44.4 Å². The average molecular weight is 436 g/mol. The van der Waals surface area contributed by atoms with Gasteiger partial charge in [0.05, 0.1) is 11.5 Å². The zero-order chi connectivity index (χ0) is 21.6. The van der Waals surface area contributed by atoms with Gasteiger partial charge in [-0.3, -0.25) is 10.1 Å². The highest BCUT2D eigenvalue weighted by Gasteiger charge is 2.16. The van der Waals surface area contributed by atoms with E-state index in [0.717, 1.165) is 4.31 Å². The minimum absolute atomic E-state index is 0.110. The minimum atomic E-state index is -3.50. The zero-order valence-corrected chi connectivity index (χ0v) is 18.4. The first kappa shape index (κ1) is 22.8. The second kappa shape index (κ2) is 9.82. The first-order chi connectivity index (χ1) is 13.6. The standard InChI is InChI=1S/C20H25N3O4S2/c1-14(2)13-27-17-9-5-15(6-10-17)19(24)22-20(28)21-16-7-11-18(12-8-16)29(25,26)23(3)4/h5-12,14H,13H2,1-4H3,(H2,21,22,24,28). The maximum absolute atomic E-state index is 12.3. The second-order valence-corrected chi connectivity index (χ2v) is 9.51. The van der Waals surface area contributed by atoms with E-state index in [9.17, 15) is 13.2 Å². The molecule has 156 valence electrons.